The Morgan fingerprint density at radius 2 is 1.57 bits per heavy atom. The molecule has 128 valence electrons. The summed E-state index contributed by atoms with van der Waals surface area (Å²) >= 11 is 0. The van der Waals surface area contributed by atoms with E-state index in [1.54, 1.807) is 16.4 Å². The molecule has 23 heavy (non-hydrogen) atoms. The third-order valence-electron chi connectivity index (χ3n) is 5.33. The second-order valence-corrected chi connectivity index (χ2v) is 8.67. The molecule has 1 heterocycles. The van der Waals surface area contributed by atoms with E-state index in [9.17, 15) is 8.42 Å². The molecule has 0 radical (unpaired) electrons. The Hall–Kier alpha value is -0.910. The zero-order chi connectivity index (χ0) is 16.3. The van der Waals surface area contributed by atoms with E-state index in [-0.39, 0.29) is 0 Å². The van der Waals surface area contributed by atoms with Crippen molar-refractivity contribution >= 4 is 10.0 Å². The Labute approximate surface area is 140 Å². The van der Waals surface area contributed by atoms with E-state index in [1.807, 2.05) is 12.1 Å². The molecule has 0 spiro atoms. The fraction of sp³-hybridized carbons (Fsp3) is 0.667. The van der Waals surface area contributed by atoms with Crippen LogP contribution in [0.15, 0.2) is 29.2 Å². The van der Waals surface area contributed by atoms with Gasteiger partial charge in [0.2, 0.25) is 10.0 Å². The number of rotatable bonds is 4. The van der Waals surface area contributed by atoms with E-state index in [1.165, 1.54) is 37.7 Å². The summed E-state index contributed by atoms with van der Waals surface area (Å²) in [6, 6.07) is 8.03. The fourth-order valence-corrected chi connectivity index (χ4v) is 5.22. The summed E-state index contributed by atoms with van der Waals surface area (Å²) in [4.78, 5) is 2.94. The number of aryl methyl sites for hydroxylation is 1. The first-order valence-corrected chi connectivity index (χ1v) is 10.4. The molecule has 1 saturated heterocycles. The van der Waals surface area contributed by atoms with E-state index in [4.69, 9.17) is 0 Å². The summed E-state index contributed by atoms with van der Waals surface area (Å²) in [5.41, 5.74) is 1.17. The molecule has 1 aliphatic heterocycles. The minimum atomic E-state index is -3.33. The summed E-state index contributed by atoms with van der Waals surface area (Å²) in [6.45, 7) is 5.06. The van der Waals surface area contributed by atoms with Crippen LogP contribution in [0.1, 0.15) is 44.6 Å². The van der Waals surface area contributed by atoms with Gasteiger partial charge in [-0.15, -0.1) is 0 Å². The highest BCUT2D eigenvalue weighted by Gasteiger charge is 2.31. The summed E-state index contributed by atoms with van der Waals surface area (Å²) in [5, 5.41) is 0. The maximum absolute atomic E-state index is 12.8. The Balaban J connectivity index is 1.63. The Kier molecular flexibility index (Phi) is 5.39. The number of benzene rings is 1. The van der Waals surface area contributed by atoms with Crippen molar-refractivity contribution in [3.63, 3.8) is 0 Å². The van der Waals surface area contributed by atoms with E-state index >= 15 is 0 Å². The average Bonchev–Trinajstić information content (AvgIpc) is 2.62. The number of piperazine rings is 1. The van der Waals surface area contributed by atoms with Crippen molar-refractivity contribution in [3.05, 3.63) is 29.8 Å². The Bertz CT molecular complexity index is 598. The lowest BCUT2D eigenvalue weighted by Crippen LogP contribution is -2.52. The van der Waals surface area contributed by atoms with Crippen LogP contribution >= 0.6 is 0 Å². The predicted octanol–water partition coefficient (Wildman–Crippen LogP) is 2.89. The van der Waals surface area contributed by atoms with Crippen molar-refractivity contribution in [2.45, 2.75) is 56.4 Å². The van der Waals surface area contributed by atoms with Crippen LogP contribution in [0.5, 0.6) is 0 Å². The summed E-state index contributed by atoms with van der Waals surface area (Å²) in [7, 11) is -3.33. The quantitative estimate of drug-likeness (QED) is 0.849. The van der Waals surface area contributed by atoms with Gasteiger partial charge in [0.25, 0.3) is 0 Å². The highest BCUT2D eigenvalue weighted by atomic mass is 32.2. The second-order valence-electron chi connectivity index (χ2n) is 6.73. The van der Waals surface area contributed by atoms with Crippen LogP contribution in [0, 0.1) is 0 Å². The molecule has 5 heteroatoms. The molecule has 1 aliphatic carbocycles. The van der Waals surface area contributed by atoms with Gasteiger partial charge in [-0.3, -0.25) is 4.90 Å². The highest BCUT2D eigenvalue weighted by molar-refractivity contribution is 7.89. The van der Waals surface area contributed by atoms with Crippen LogP contribution in [0.2, 0.25) is 0 Å². The maximum atomic E-state index is 12.8. The van der Waals surface area contributed by atoms with Gasteiger partial charge in [-0.05, 0) is 37.0 Å². The van der Waals surface area contributed by atoms with Crippen LogP contribution in [0.25, 0.3) is 0 Å². The van der Waals surface area contributed by atoms with Crippen LogP contribution in [0.4, 0.5) is 0 Å². The molecule has 4 nitrogen and oxygen atoms in total. The molecule has 0 atom stereocenters. The number of nitrogens with zero attached hydrogens (tertiary/aromatic N) is 2. The number of hydrogen-bond donors (Lipinski definition) is 0. The van der Waals surface area contributed by atoms with E-state index < -0.39 is 10.0 Å². The van der Waals surface area contributed by atoms with Gasteiger partial charge >= 0.3 is 0 Å². The molecular weight excluding hydrogens is 308 g/mol. The molecule has 0 amide bonds. The third-order valence-corrected chi connectivity index (χ3v) is 7.25. The molecule has 1 aromatic rings. The van der Waals surface area contributed by atoms with Gasteiger partial charge < -0.3 is 0 Å². The van der Waals surface area contributed by atoms with Crippen molar-refractivity contribution in [3.8, 4) is 0 Å². The van der Waals surface area contributed by atoms with E-state index in [2.05, 4.69) is 11.8 Å². The van der Waals surface area contributed by atoms with Gasteiger partial charge in [0.1, 0.15) is 0 Å². The number of sulfonamides is 1. The van der Waals surface area contributed by atoms with Gasteiger partial charge in [-0.25, -0.2) is 8.42 Å². The summed E-state index contributed by atoms with van der Waals surface area (Å²) in [5.74, 6) is 0. The third kappa shape index (κ3) is 3.78. The molecule has 2 aliphatic rings. The zero-order valence-corrected chi connectivity index (χ0v) is 14.9. The van der Waals surface area contributed by atoms with Crippen molar-refractivity contribution < 1.29 is 8.42 Å². The summed E-state index contributed by atoms with van der Waals surface area (Å²) < 4.78 is 27.2. The molecule has 2 fully saturated rings. The topological polar surface area (TPSA) is 40.6 Å². The molecule has 1 saturated carbocycles. The lowest BCUT2D eigenvalue weighted by atomic mass is 9.94. The van der Waals surface area contributed by atoms with E-state index in [0.717, 1.165) is 19.5 Å². The molecule has 0 bridgehead atoms. The second kappa shape index (κ2) is 7.32. The minimum absolute atomic E-state index is 0.431. The first-order valence-electron chi connectivity index (χ1n) is 8.94. The van der Waals surface area contributed by atoms with Gasteiger partial charge in [0.05, 0.1) is 4.90 Å². The average molecular weight is 337 g/mol. The predicted molar refractivity (Wildman–Crippen MR) is 93.0 cm³/mol. The van der Waals surface area contributed by atoms with Crippen molar-refractivity contribution in [1.82, 2.24) is 9.21 Å². The van der Waals surface area contributed by atoms with Gasteiger partial charge in [-0.1, -0.05) is 38.3 Å². The monoisotopic (exact) mass is 336 g/mol. The minimum Gasteiger partial charge on any atom is -0.298 e. The van der Waals surface area contributed by atoms with Crippen LogP contribution in [0.3, 0.4) is 0 Å². The van der Waals surface area contributed by atoms with Crippen molar-refractivity contribution in [2.24, 2.45) is 0 Å². The van der Waals surface area contributed by atoms with Gasteiger partial charge in [-0.2, -0.15) is 4.31 Å². The largest absolute Gasteiger partial charge is 0.298 e. The standard InChI is InChI=1S/C18H28N2O2S/c1-2-16-8-10-18(11-9-16)23(21,22)20-14-12-19(13-15-20)17-6-4-3-5-7-17/h8-11,17H,2-7,12-15H2,1H3. The Morgan fingerprint density at radius 3 is 2.13 bits per heavy atom. The first-order chi connectivity index (χ1) is 11.1. The lowest BCUT2D eigenvalue weighted by molar-refractivity contribution is 0.111. The molecule has 3 rings (SSSR count). The smallest absolute Gasteiger partial charge is 0.243 e. The molecule has 0 aromatic heterocycles. The van der Waals surface area contributed by atoms with Crippen molar-refractivity contribution in [1.29, 1.82) is 0 Å². The first kappa shape index (κ1) is 16.9. The molecule has 0 unspecified atom stereocenters. The zero-order valence-electron chi connectivity index (χ0n) is 14.1. The highest BCUT2D eigenvalue weighted by Crippen LogP contribution is 2.25. The van der Waals surface area contributed by atoms with Gasteiger partial charge in [0.15, 0.2) is 0 Å². The SMILES string of the molecule is CCc1ccc(S(=O)(=O)N2CCN(C3CCCCC3)CC2)cc1. The number of hydrogen-bond acceptors (Lipinski definition) is 3. The van der Waals surface area contributed by atoms with Crippen molar-refractivity contribution in [2.75, 3.05) is 26.2 Å². The molecular formula is C18H28N2O2S. The van der Waals surface area contributed by atoms with E-state index in [0.29, 0.717) is 24.0 Å². The van der Waals surface area contributed by atoms with Crippen LogP contribution in [-0.2, 0) is 16.4 Å². The van der Waals surface area contributed by atoms with Crippen LogP contribution in [-0.4, -0.2) is 49.8 Å². The normalized spacial score (nSPS) is 22.3. The fourth-order valence-electron chi connectivity index (χ4n) is 3.80. The molecule has 0 N–H and O–H groups in total. The molecule has 1 aromatic carbocycles. The maximum Gasteiger partial charge on any atom is 0.243 e. The lowest BCUT2D eigenvalue weighted by Gasteiger charge is -2.40. The van der Waals surface area contributed by atoms with Crippen LogP contribution < -0.4 is 0 Å². The summed E-state index contributed by atoms with van der Waals surface area (Å²) in [6.07, 6.45) is 7.51. The van der Waals surface area contributed by atoms with Gasteiger partial charge in [0, 0.05) is 32.2 Å². The Morgan fingerprint density at radius 1 is 0.957 bits per heavy atom.